The molecule has 1 aliphatic rings. The minimum Gasteiger partial charge on any atom is -0.494 e. The van der Waals surface area contributed by atoms with Crippen molar-refractivity contribution in [3.63, 3.8) is 0 Å². The summed E-state index contributed by atoms with van der Waals surface area (Å²) >= 11 is 0. The summed E-state index contributed by atoms with van der Waals surface area (Å²) in [5.74, 6) is 1.77. The SMILES string of the molecule is CCCCCCOc1cc(C)cc(C2CCNCC2)c1. The first-order valence-electron chi connectivity index (χ1n) is 8.24. The van der Waals surface area contributed by atoms with Crippen LogP contribution in [0.15, 0.2) is 18.2 Å². The summed E-state index contributed by atoms with van der Waals surface area (Å²) < 4.78 is 5.95. The maximum absolute atomic E-state index is 5.95. The summed E-state index contributed by atoms with van der Waals surface area (Å²) in [6.45, 7) is 7.56. The monoisotopic (exact) mass is 275 g/mol. The molecule has 1 N–H and O–H groups in total. The van der Waals surface area contributed by atoms with Crippen LogP contribution in [0.3, 0.4) is 0 Å². The van der Waals surface area contributed by atoms with Gasteiger partial charge in [0.2, 0.25) is 0 Å². The molecule has 0 saturated carbocycles. The highest BCUT2D eigenvalue weighted by Gasteiger charge is 2.16. The second-order valence-electron chi connectivity index (χ2n) is 6.01. The third-order valence-corrected chi connectivity index (χ3v) is 4.15. The average molecular weight is 275 g/mol. The standard InChI is InChI=1S/C18H29NO/c1-3-4-5-6-11-20-18-13-15(2)12-17(14-18)16-7-9-19-10-8-16/h12-14,16,19H,3-11H2,1-2H3. The summed E-state index contributed by atoms with van der Waals surface area (Å²) in [6, 6.07) is 6.77. The molecule has 1 saturated heterocycles. The Labute approximate surface area is 123 Å². The van der Waals surface area contributed by atoms with Crippen LogP contribution in [-0.2, 0) is 0 Å². The first kappa shape index (κ1) is 15.4. The smallest absolute Gasteiger partial charge is 0.119 e. The van der Waals surface area contributed by atoms with Crippen molar-refractivity contribution in [3.05, 3.63) is 29.3 Å². The van der Waals surface area contributed by atoms with Crippen molar-refractivity contribution in [1.82, 2.24) is 5.32 Å². The molecule has 0 radical (unpaired) electrons. The van der Waals surface area contributed by atoms with Gasteiger partial charge in [-0.3, -0.25) is 0 Å². The lowest BCUT2D eigenvalue weighted by molar-refractivity contribution is 0.304. The second kappa shape index (κ2) is 8.31. The number of piperidine rings is 1. The topological polar surface area (TPSA) is 21.3 Å². The van der Waals surface area contributed by atoms with Gasteiger partial charge >= 0.3 is 0 Å². The fraction of sp³-hybridized carbons (Fsp3) is 0.667. The van der Waals surface area contributed by atoms with Gasteiger partial charge in [0.1, 0.15) is 5.75 Å². The van der Waals surface area contributed by atoms with E-state index in [4.69, 9.17) is 4.74 Å². The van der Waals surface area contributed by atoms with Gasteiger partial charge < -0.3 is 10.1 Å². The Bertz CT molecular complexity index is 396. The van der Waals surface area contributed by atoms with E-state index in [1.54, 1.807) is 0 Å². The third kappa shape index (κ3) is 4.82. The number of rotatable bonds is 7. The normalized spacial score (nSPS) is 16.3. The molecule has 20 heavy (non-hydrogen) atoms. The summed E-state index contributed by atoms with van der Waals surface area (Å²) in [5, 5.41) is 3.44. The van der Waals surface area contributed by atoms with Crippen LogP contribution in [0.1, 0.15) is 62.5 Å². The quantitative estimate of drug-likeness (QED) is 0.744. The fourth-order valence-electron chi connectivity index (χ4n) is 2.97. The molecule has 1 aromatic carbocycles. The second-order valence-corrected chi connectivity index (χ2v) is 6.01. The van der Waals surface area contributed by atoms with Crippen LogP contribution >= 0.6 is 0 Å². The van der Waals surface area contributed by atoms with Gasteiger partial charge in [0.25, 0.3) is 0 Å². The van der Waals surface area contributed by atoms with Gasteiger partial charge in [0.05, 0.1) is 6.61 Å². The zero-order valence-electron chi connectivity index (χ0n) is 13.1. The van der Waals surface area contributed by atoms with Gasteiger partial charge in [-0.15, -0.1) is 0 Å². The lowest BCUT2D eigenvalue weighted by Crippen LogP contribution is -2.26. The molecular weight excluding hydrogens is 246 g/mol. The predicted octanol–water partition coefficient (Wildman–Crippen LogP) is 4.42. The van der Waals surface area contributed by atoms with Gasteiger partial charge in [-0.05, 0) is 68.5 Å². The van der Waals surface area contributed by atoms with Crippen LogP contribution in [0.25, 0.3) is 0 Å². The minimum absolute atomic E-state index is 0.707. The summed E-state index contributed by atoms with van der Waals surface area (Å²) in [4.78, 5) is 0. The lowest BCUT2D eigenvalue weighted by Gasteiger charge is -2.23. The number of unbranched alkanes of at least 4 members (excludes halogenated alkanes) is 3. The molecule has 1 aliphatic heterocycles. The Hall–Kier alpha value is -1.02. The van der Waals surface area contributed by atoms with E-state index in [1.165, 1.54) is 49.7 Å². The molecule has 1 aromatic rings. The van der Waals surface area contributed by atoms with Crippen LogP contribution in [0, 0.1) is 6.92 Å². The van der Waals surface area contributed by atoms with E-state index in [-0.39, 0.29) is 0 Å². The van der Waals surface area contributed by atoms with Crippen LogP contribution in [0.2, 0.25) is 0 Å². The van der Waals surface area contributed by atoms with Gasteiger partial charge in [0.15, 0.2) is 0 Å². The molecule has 2 nitrogen and oxygen atoms in total. The van der Waals surface area contributed by atoms with Crippen molar-refractivity contribution in [1.29, 1.82) is 0 Å². The van der Waals surface area contributed by atoms with Gasteiger partial charge in [-0.25, -0.2) is 0 Å². The highest BCUT2D eigenvalue weighted by atomic mass is 16.5. The molecule has 1 fully saturated rings. The molecule has 0 amide bonds. The zero-order valence-corrected chi connectivity index (χ0v) is 13.1. The van der Waals surface area contributed by atoms with E-state index in [9.17, 15) is 0 Å². The van der Waals surface area contributed by atoms with Gasteiger partial charge in [-0.1, -0.05) is 32.3 Å². The molecule has 0 atom stereocenters. The molecule has 0 bridgehead atoms. The van der Waals surface area contributed by atoms with Crippen molar-refractivity contribution in [2.45, 2.75) is 58.3 Å². The van der Waals surface area contributed by atoms with Crippen molar-refractivity contribution in [3.8, 4) is 5.75 Å². The maximum Gasteiger partial charge on any atom is 0.119 e. The minimum atomic E-state index is 0.707. The van der Waals surface area contributed by atoms with E-state index in [1.807, 2.05) is 0 Å². The van der Waals surface area contributed by atoms with Crippen molar-refractivity contribution in [2.75, 3.05) is 19.7 Å². The number of ether oxygens (including phenoxy) is 1. The van der Waals surface area contributed by atoms with Crippen LogP contribution in [0.5, 0.6) is 5.75 Å². The Morgan fingerprint density at radius 3 is 2.65 bits per heavy atom. The number of aryl methyl sites for hydroxylation is 1. The number of hydrogen-bond acceptors (Lipinski definition) is 2. The molecule has 0 unspecified atom stereocenters. The molecule has 0 aliphatic carbocycles. The first-order valence-corrected chi connectivity index (χ1v) is 8.24. The Morgan fingerprint density at radius 1 is 1.10 bits per heavy atom. The lowest BCUT2D eigenvalue weighted by atomic mass is 9.89. The van der Waals surface area contributed by atoms with Crippen LogP contribution in [0.4, 0.5) is 0 Å². The number of benzene rings is 1. The third-order valence-electron chi connectivity index (χ3n) is 4.15. The largest absolute Gasteiger partial charge is 0.494 e. The van der Waals surface area contributed by atoms with Crippen LogP contribution in [-0.4, -0.2) is 19.7 Å². The Balaban J connectivity index is 1.90. The van der Waals surface area contributed by atoms with Crippen molar-refractivity contribution < 1.29 is 4.74 Å². The molecule has 2 heteroatoms. The van der Waals surface area contributed by atoms with Crippen molar-refractivity contribution >= 4 is 0 Å². The van der Waals surface area contributed by atoms with E-state index in [2.05, 4.69) is 37.4 Å². The number of nitrogens with one attached hydrogen (secondary N) is 1. The fourth-order valence-corrected chi connectivity index (χ4v) is 2.97. The van der Waals surface area contributed by atoms with E-state index in [0.29, 0.717) is 5.92 Å². The molecule has 1 heterocycles. The average Bonchev–Trinajstić information content (AvgIpc) is 2.47. The van der Waals surface area contributed by atoms with Gasteiger partial charge in [0, 0.05) is 0 Å². The van der Waals surface area contributed by atoms with E-state index < -0.39 is 0 Å². The highest BCUT2D eigenvalue weighted by molar-refractivity contribution is 5.36. The summed E-state index contributed by atoms with van der Waals surface area (Å²) in [6.07, 6.45) is 7.55. The molecule has 0 aromatic heterocycles. The van der Waals surface area contributed by atoms with E-state index in [0.717, 1.165) is 25.4 Å². The maximum atomic E-state index is 5.95. The predicted molar refractivity (Wildman–Crippen MR) is 85.7 cm³/mol. The highest BCUT2D eigenvalue weighted by Crippen LogP contribution is 2.29. The molecule has 112 valence electrons. The van der Waals surface area contributed by atoms with Gasteiger partial charge in [-0.2, -0.15) is 0 Å². The van der Waals surface area contributed by atoms with Crippen LogP contribution < -0.4 is 10.1 Å². The summed E-state index contributed by atoms with van der Waals surface area (Å²) in [5.41, 5.74) is 2.79. The van der Waals surface area contributed by atoms with E-state index >= 15 is 0 Å². The molecular formula is C18H29NO. The van der Waals surface area contributed by atoms with Crippen molar-refractivity contribution in [2.24, 2.45) is 0 Å². The summed E-state index contributed by atoms with van der Waals surface area (Å²) in [7, 11) is 0. The Morgan fingerprint density at radius 2 is 1.90 bits per heavy atom. The zero-order chi connectivity index (χ0) is 14.2. The number of hydrogen-bond donors (Lipinski definition) is 1. The molecule has 0 spiro atoms. The first-order chi connectivity index (χ1) is 9.79. The molecule has 2 rings (SSSR count). The Kier molecular flexibility index (Phi) is 6.38.